The van der Waals surface area contributed by atoms with Crippen LogP contribution in [0, 0.1) is 5.92 Å². The highest BCUT2D eigenvalue weighted by molar-refractivity contribution is 5.94. The molecule has 28 heavy (non-hydrogen) atoms. The lowest BCUT2D eigenvalue weighted by atomic mass is 9.95. The number of likely N-dealkylation sites (tertiary alicyclic amines) is 1. The Hall–Kier alpha value is -3.15. The number of rotatable bonds is 6. The average Bonchev–Trinajstić information content (AvgIpc) is 2.73. The molecule has 1 saturated heterocycles. The van der Waals surface area contributed by atoms with Gasteiger partial charge in [0.1, 0.15) is 0 Å². The molecule has 6 heteroatoms. The first kappa shape index (κ1) is 19.6. The zero-order valence-corrected chi connectivity index (χ0v) is 15.6. The molecule has 2 aromatic carbocycles. The van der Waals surface area contributed by atoms with Crippen LogP contribution in [0.15, 0.2) is 60.7 Å². The minimum Gasteiger partial charge on any atom is -0.481 e. The molecule has 0 aliphatic carbocycles. The summed E-state index contributed by atoms with van der Waals surface area (Å²) in [5.41, 5.74) is 1.36. The van der Waals surface area contributed by atoms with Gasteiger partial charge in [0.2, 0.25) is 5.91 Å². The number of carbonyl (C=O) groups excluding carboxylic acids is 2. The van der Waals surface area contributed by atoms with Crippen LogP contribution in [-0.4, -0.2) is 40.9 Å². The molecule has 0 radical (unpaired) electrons. The summed E-state index contributed by atoms with van der Waals surface area (Å²) in [7, 11) is 0. The molecule has 1 aliphatic heterocycles. The monoisotopic (exact) mass is 380 g/mol. The molecule has 2 aromatic rings. The molecule has 2 unspecified atom stereocenters. The Labute approximate surface area is 164 Å². The molecule has 0 spiro atoms. The maximum absolute atomic E-state index is 12.8. The fraction of sp³-hybridized carbons (Fsp3) is 0.318. The minimum atomic E-state index is -0.973. The molecular weight excluding hydrogens is 356 g/mol. The lowest BCUT2D eigenvalue weighted by Crippen LogP contribution is -2.46. The lowest BCUT2D eigenvalue weighted by Gasteiger charge is -2.33. The predicted molar refractivity (Wildman–Crippen MR) is 105 cm³/mol. The van der Waals surface area contributed by atoms with Crippen molar-refractivity contribution in [1.82, 2.24) is 10.2 Å². The van der Waals surface area contributed by atoms with Crippen LogP contribution in [0.1, 0.15) is 41.2 Å². The van der Waals surface area contributed by atoms with Crippen LogP contribution in [0.4, 0.5) is 0 Å². The van der Waals surface area contributed by atoms with Crippen LogP contribution in [0.3, 0.4) is 0 Å². The Kier molecular flexibility index (Phi) is 6.42. The number of amides is 2. The summed E-state index contributed by atoms with van der Waals surface area (Å²) < 4.78 is 0. The third-order valence-electron chi connectivity index (χ3n) is 5.00. The minimum absolute atomic E-state index is 0.0803. The second-order valence-electron chi connectivity index (χ2n) is 7.03. The van der Waals surface area contributed by atoms with Gasteiger partial charge >= 0.3 is 5.97 Å². The van der Waals surface area contributed by atoms with E-state index in [4.69, 9.17) is 0 Å². The Bertz CT molecular complexity index is 823. The number of piperidine rings is 1. The van der Waals surface area contributed by atoms with Crippen LogP contribution in [0.25, 0.3) is 0 Å². The van der Waals surface area contributed by atoms with Crippen molar-refractivity contribution >= 4 is 17.8 Å². The van der Waals surface area contributed by atoms with Gasteiger partial charge in [0.15, 0.2) is 0 Å². The summed E-state index contributed by atoms with van der Waals surface area (Å²) in [4.78, 5) is 38.4. The van der Waals surface area contributed by atoms with Crippen molar-refractivity contribution in [3.63, 3.8) is 0 Å². The van der Waals surface area contributed by atoms with Gasteiger partial charge in [-0.3, -0.25) is 14.4 Å². The van der Waals surface area contributed by atoms with Crippen LogP contribution in [0.2, 0.25) is 0 Å². The van der Waals surface area contributed by atoms with E-state index < -0.39 is 12.0 Å². The van der Waals surface area contributed by atoms with Gasteiger partial charge in [-0.05, 0) is 30.5 Å². The first-order valence-electron chi connectivity index (χ1n) is 9.46. The van der Waals surface area contributed by atoms with Crippen molar-refractivity contribution in [2.75, 3.05) is 13.1 Å². The van der Waals surface area contributed by atoms with Gasteiger partial charge in [0.25, 0.3) is 5.91 Å². The molecule has 1 fully saturated rings. The van der Waals surface area contributed by atoms with Crippen molar-refractivity contribution in [1.29, 1.82) is 0 Å². The van der Waals surface area contributed by atoms with Crippen LogP contribution in [0.5, 0.6) is 0 Å². The normalized spacial score (nSPS) is 17.6. The standard InChI is InChI=1S/C22H24N2O4/c25-20(26)14-19(16-8-3-1-4-9-16)23-21(27)18-12-7-13-24(15-18)22(28)17-10-5-2-6-11-17/h1-6,8-11,18-19H,7,12-15H2,(H,23,27)(H,25,26). The molecule has 1 aliphatic rings. The number of nitrogens with one attached hydrogen (secondary N) is 1. The third kappa shape index (κ3) is 4.97. The first-order valence-corrected chi connectivity index (χ1v) is 9.46. The molecule has 2 N–H and O–H groups in total. The van der Waals surface area contributed by atoms with E-state index in [1.807, 2.05) is 36.4 Å². The van der Waals surface area contributed by atoms with E-state index in [0.29, 0.717) is 25.1 Å². The van der Waals surface area contributed by atoms with Gasteiger partial charge in [0, 0.05) is 18.7 Å². The topological polar surface area (TPSA) is 86.7 Å². The molecule has 0 saturated carbocycles. The Balaban J connectivity index is 1.67. The molecular formula is C22H24N2O4. The van der Waals surface area contributed by atoms with E-state index in [9.17, 15) is 19.5 Å². The van der Waals surface area contributed by atoms with Gasteiger partial charge in [-0.2, -0.15) is 0 Å². The number of benzene rings is 2. The number of carboxylic acid groups (broad SMARTS) is 1. The van der Waals surface area contributed by atoms with E-state index in [1.54, 1.807) is 29.2 Å². The number of hydrogen-bond acceptors (Lipinski definition) is 3. The Morgan fingerprint density at radius 3 is 2.32 bits per heavy atom. The summed E-state index contributed by atoms with van der Waals surface area (Å²) in [5, 5.41) is 12.1. The number of nitrogens with zero attached hydrogens (tertiary/aromatic N) is 1. The quantitative estimate of drug-likeness (QED) is 0.807. The van der Waals surface area contributed by atoms with Crippen molar-refractivity contribution < 1.29 is 19.5 Å². The Morgan fingerprint density at radius 2 is 1.68 bits per heavy atom. The second-order valence-corrected chi connectivity index (χ2v) is 7.03. The first-order chi connectivity index (χ1) is 13.5. The maximum Gasteiger partial charge on any atom is 0.305 e. The van der Waals surface area contributed by atoms with Crippen molar-refractivity contribution in [3.05, 3.63) is 71.8 Å². The van der Waals surface area contributed by atoms with Gasteiger partial charge in [-0.15, -0.1) is 0 Å². The van der Waals surface area contributed by atoms with Crippen LogP contribution >= 0.6 is 0 Å². The number of aliphatic carboxylic acids is 1. The van der Waals surface area contributed by atoms with Crippen molar-refractivity contribution in [2.24, 2.45) is 5.92 Å². The van der Waals surface area contributed by atoms with E-state index in [-0.39, 0.29) is 24.2 Å². The highest BCUT2D eigenvalue weighted by Gasteiger charge is 2.30. The third-order valence-corrected chi connectivity index (χ3v) is 5.00. The van der Waals surface area contributed by atoms with E-state index in [1.165, 1.54) is 0 Å². The number of carboxylic acids is 1. The van der Waals surface area contributed by atoms with Gasteiger partial charge in [-0.25, -0.2) is 0 Å². The van der Waals surface area contributed by atoms with Gasteiger partial charge in [0.05, 0.1) is 18.4 Å². The summed E-state index contributed by atoms with van der Waals surface area (Å²) in [6.45, 7) is 0.961. The van der Waals surface area contributed by atoms with E-state index in [2.05, 4.69) is 5.32 Å². The molecule has 2 amide bonds. The molecule has 0 aromatic heterocycles. The summed E-state index contributed by atoms with van der Waals surface area (Å²) in [5.74, 6) is -1.61. The van der Waals surface area contributed by atoms with E-state index in [0.717, 1.165) is 12.0 Å². The fourth-order valence-corrected chi connectivity index (χ4v) is 3.54. The van der Waals surface area contributed by atoms with E-state index >= 15 is 0 Å². The second kappa shape index (κ2) is 9.17. The van der Waals surface area contributed by atoms with Crippen LogP contribution in [-0.2, 0) is 9.59 Å². The predicted octanol–water partition coefficient (Wildman–Crippen LogP) is 2.87. The molecule has 6 nitrogen and oxygen atoms in total. The largest absolute Gasteiger partial charge is 0.481 e. The smallest absolute Gasteiger partial charge is 0.305 e. The number of hydrogen-bond donors (Lipinski definition) is 2. The Morgan fingerprint density at radius 1 is 1.04 bits per heavy atom. The molecule has 0 bridgehead atoms. The summed E-state index contributed by atoms with van der Waals surface area (Å²) in [6, 6.07) is 17.5. The van der Waals surface area contributed by atoms with Gasteiger partial charge in [-0.1, -0.05) is 48.5 Å². The SMILES string of the molecule is O=C(O)CC(NC(=O)C1CCCN(C(=O)c2ccccc2)C1)c1ccccc1. The van der Waals surface area contributed by atoms with Gasteiger partial charge < -0.3 is 15.3 Å². The average molecular weight is 380 g/mol. The zero-order chi connectivity index (χ0) is 19.9. The van der Waals surface area contributed by atoms with Crippen molar-refractivity contribution in [2.45, 2.75) is 25.3 Å². The lowest BCUT2D eigenvalue weighted by molar-refractivity contribution is -0.138. The summed E-state index contributed by atoms with van der Waals surface area (Å²) in [6.07, 6.45) is 1.24. The van der Waals surface area contributed by atoms with Crippen LogP contribution < -0.4 is 5.32 Å². The molecule has 1 heterocycles. The molecule has 146 valence electrons. The number of carbonyl (C=O) groups is 3. The summed E-state index contributed by atoms with van der Waals surface area (Å²) >= 11 is 0. The van der Waals surface area contributed by atoms with Crippen molar-refractivity contribution in [3.8, 4) is 0 Å². The maximum atomic E-state index is 12.8. The highest BCUT2D eigenvalue weighted by atomic mass is 16.4. The fourth-order valence-electron chi connectivity index (χ4n) is 3.54. The molecule has 3 rings (SSSR count). The zero-order valence-electron chi connectivity index (χ0n) is 15.6. The highest BCUT2D eigenvalue weighted by Crippen LogP contribution is 2.22. The molecule has 2 atom stereocenters.